The minimum atomic E-state index is -1.14. The zero-order chi connectivity index (χ0) is 43.2. The van der Waals surface area contributed by atoms with Gasteiger partial charge in [-0.2, -0.15) is 4.98 Å². The van der Waals surface area contributed by atoms with Crippen molar-refractivity contribution in [3.8, 4) is 23.0 Å². The third-order valence-electron chi connectivity index (χ3n) is 10.9. The van der Waals surface area contributed by atoms with E-state index in [2.05, 4.69) is 20.3 Å². The molecule has 8 rings (SSSR count). The molecule has 0 saturated carbocycles. The second-order valence-electron chi connectivity index (χ2n) is 14.5. The summed E-state index contributed by atoms with van der Waals surface area (Å²) < 4.78 is 36.7. The van der Waals surface area contributed by atoms with Gasteiger partial charge in [-0.25, -0.2) is 4.98 Å². The lowest BCUT2D eigenvalue weighted by Gasteiger charge is -2.37. The molecule has 1 fully saturated rings. The number of H-pyrrole nitrogens is 1. The first kappa shape index (κ1) is 41.5. The molecule has 14 heteroatoms. The second kappa shape index (κ2) is 18.2. The number of nitrogens with one attached hydrogen (secondary N) is 2. The number of nitrogens with zero attached hydrogens (tertiary/aromatic N) is 3. The number of methoxy groups -OCH3 is 4. The number of imidazole rings is 1. The van der Waals surface area contributed by atoms with Crippen molar-refractivity contribution in [2.45, 2.75) is 30.5 Å². The van der Waals surface area contributed by atoms with Crippen LogP contribution in [0.5, 0.6) is 23.0 Å². The number of hydrogen-bond acceptors (Lipinski definition) is 11. The third-order valence-corrected chi connectivity index (χ3v) is 10.9. The van der Waals surface area contributed by atoms with Gasteiger partial charge in [-0.3, -0.25) is 24.5 Å². The van der Waals surface area contributed by atoms with E-state index in [0.717, 1.165) is 22.3 Å². The summed E-state index contributed by atoms with van der Waals surface area (Å²) in [6, 6.07) is 39.4. The van der Waals surface area contributed by atoms with E-state index in [0.29, 0.717) is 34.1 Å². The molecule has 3 N–H and O–H groups in total. The van der Waals surface area contributed by atoms with Crippen molar-refractivity contribution in [1.29, 1.82) is 0 Å². The minimum Gasteiger partial charge on any atom is -0.497 e. The quantitative estimate of drug-likeness (QED) is 0.0553. The van der Waals surface area contributed by atoms with Crippen LogP contribution in [0.4, 0.5) is 5.95 Å². The van der Waals surface area contributed by atoms with Crippen LogP contribution in [0.3, 0.4) is 0 Å². The van der Waals surface area contributed by atoms with Gasteiger partial charge in [-0.1, -0.05) is 78.9 Å². The minimum absolute atomic E-state index is 0.0266. The van der Waals surface area contributed by atoms with E-state index in [1.807, 2.05) is 91.0 Å². The van der Waals surface area contributed by atoms with Gasteiger partial charge in [0.25, 0.3) is 11.5 Å². The summed E-state index contributed by atoms with van der Waals surface area (Å²) in [5.74, 6) is 2.04. The molecule has 0 unspecified atom stereocenters. The van der Waals surface area contributed by atoms with Crippen molar-refractivity contribution < 1.29 is 38.3 Å². The Kier molecular flexibility index (Phi) is 12.1. The van der Waals surface area contributed by atoms with E-state index in [1.54, 1.807) is 75.5 Å². The van der Waals surface area contributed by atoms with Gasteiger partial charge in [-0.15, -0.1) is 0 Å². The maximum atomic E-state index is 14.0. The zero-order valence-electron chi connectivity index (χ0n) is 34.5. The van der Waals surface area contributed by atoms with Crippen LogP contribution in [-0.2, 0) is 19.9 Å². The molecule has 1 saturated heterocycles. The number of aliphatic hydroxyl groups is 1. The molecule has 7 aromatic rings. The summed E-state index contributed by atoms with van der Waals surface area (Å²) in [6.45, 7) is -0.0266. The molecule has 2 aromatic heterocycles. The number of aromatic nitrogens is 4. The van der Waals surface area contributed by atoms with Crippen molar-refractivity contribution in [3.05, 3.63) is 172 Å². The third kappa shape index (κ3) is 8.39. The first-order valence-corrected chi connectivity index (χ1v) is 19.8. The first-order chi connectivity index (χ1) is 30.2. The van der Waals surface area contributed by atoms with Crippen molar-refractivity contribution in [1.82, 2.24) is 19.5 Å². The summed E-state index contributed by atoms with van der Waals surface area (Å²) in [6.07, 6.45) is 0.768. The number of carbonyl (C=O) groups excluding carboxylic acids is 1. The van der Waals surface area contributed by atoms with Crippen LogP contribution in [0, 0.1) is 0 Å². The van der Waals surface area contributed by atoms with Crippen molar-refractivity contribution in [2.75, 3.05) is 40.4 Å². The van der Waals surface area contributed by atoms with Crippen molar-refractivity contribution in [2.24, 2.45) is 0 Å². The van der Waals surface area contributed by atoms with Gasteiger partial charge < -0.3 is 33.5 Å². The van der Waals surface area contributed by atoms with E-state index in [9.17, 15) is 14.7 Å². The number of amides is 1. The first-order valence-electron chi connectivity index (χ1n) is 19.8. The summed E-state index contributed by atoms with van der Waals surface area (Å²) in [5.41, 5.74) is 2.63. The van der Waals surface area contributed by atoms with Gasteiger partial charge in [0.05, 0.1) is 47.5 Å². The number of hydrogen-bond donors (Lipinski definition) is 3. The fourth-order valence-corrected chi connectivity index (χ4v) is 7.61. The summed E-state index contributed by atoms with van der Waals surface area (Å²) in [5, 5.41) is 14.3. The maximum absolute atomic E-state index is 14.0. The Hall–Kier alpha value is -7.26. The Bertz CT molecular complexity index is 2670. The van der Waals surface area contributed by atoms with Gasteiger partial charge in [-0.05, 0) is 82.4 Å². The Morgan fingerprint density at radius 1 is 0.790 bits per heavy atom. The Morgan fingerprint density at radius 2 is 1.32 bits per heavy atom. The lowest BCUT2D eigenvalue weighted by Crippen LogP contribution is -2.38. The fourth-order valence-electron chi connectivity index (χ4n) is 7.61. The van der Waals surface area contributed by atoms with Crippen LogP contribution in [0.1, 0.15) is 40.5 Å². The highest BCUT2D eigenvalue weighted by Gasteiger charge is 2.42. The number of anilines is 1. The smallest absolute Gasteiger partial charge is 0.280 e. The molecule has 3 heterocycles. The molecule has 0 bridgehead atoms. The van der Waals surface area contributed by atoms with Gasteiger partial charge in [0.2, 0.25) is 5.95 Å². The highest BCUT2D eigenvalue weighted by molar-refractivity contribution is 6.28. The van der Waals surface area contributed by atoms with Crippen LogP contribution in [0.2, 0.25) is 0 Å². The number of benzene rings is 5. The number of aromatic amines is 1. The second-order valence-corrected chi connectivity index (χ2v) is 14.5. The number of carbonyl (C=O) groups is 1. The Labute approximate surface area is 357 Å². The van der Waals surface area contributed by atoms with Gasteiger partial charge in [0, 0.05) is 12.0 Å². The number of fused-ring (bicyclic) bond motifs is 1. The summed E-state index contributed by atoms with van der Waals surface area (Å²) >= 11 is 0. The number of ether oxygens (including phenoxy) is 6. The Morgan fingerprint density at radius 3 is 1.89 bits per heavy atom. The molecule has 0 radical (unpaired) electrons. The molecule has 316 valence electrons. The van der Waals surface area contributed by atoms with Crippen LogP contribution in [-0.4, -0.2) is 77.8 Å². The molecule has 1 aliphatic rings. The topological polar surface area (TPSA) is 168 Å². The molecule has 62 heavy (non-hydrogen) atoms. The largest absolute Gasteiger partial charge is 0.497 e. The highest BCUT2D eigenvalue weighted by atomic mass is 16.6. The lowest BCUT2D eigenvalue weighted by molar-refractivity contribution is -0.111. The predicted molar refractivity (Wildman–Crippen MR) is 233 cm³/mol. The van der Waals surface area contributed by atoms with Gasteiger partial charge in [0.15, 0.2) is 11.2 Å². The molecule has 14 nitrogen and oxygen atoms in total. The normalized spacial score (nSPS) is 16.5. The molecule has 0 spiro atoms. The molecule has 3 atom stereocenters. The SMILES string of the molecule is COc1ccc(/C=C(/C(=O)Nc2nc3c(ncn3[C@H]3C[C@H](O)[C@@H](COC(c4ccccc4)(c4ccc(OC)cc4)c4ccc(OC)cc4)O3)c(=O)[nH]2)c2ccc(OC)cc2)cc1. The monoisotopic (exact) mass is 835 g/mol. The highest BCUT2D eigenvalue weighted by Crippen LogP contribution is 2.43. The standard InChI is InChI=1S/C48H45N5O9/c1-57-35-18-10-30(11-19-35)26-39(31-12-20-36(58-2)21-13-31)45(55)51-47-50-44-43(46(56)52-47)49-29-53(44)42-27-40(54)41(62-42)28-61-48(32-8-6-5-7-9-32,33-14-22-37(59-3)23-15-33)34-16-24-38(60-4)25-17-34/h5-26,29,40-42,54H,27-28H2,1-4H3,(H2,50,51,52,55,56)/b39-26+/t40-,41+,42+/m0/s1. The van der Waals surface area contributed by atoms with Crippen molar-refractivity contribution in [3.63, 3.8) is 0 Å². The van der Waals surface area contributed by atoms with Gasteiger partial charge >= 0.3 is 0 Å². The van der Waals surface area contributed by atoms with E-state index in [-0.39, 0.29) is 30.1 Å². The maximum Gasteiger partial charge on any atom is 0.280 e. The average molecular weight is 836 g/mol. The molecule has 5 aromatic carbocycles. The predicted octanol–water partition coefficient (Wildman–Crippen LogP) is 6.99. The van der Waals surface area contributed by atoms with E-state index in [1.165, 1.54) is 6.33 Å². The van der Waals surface area contributed by atoms with E-state index < -0.39 is 35.5 Å². The fraction of sp³-hybridized carbons (Fsp3) is 0.208. The number of rotatable bonds is 15. The lowest BCUT2D eigenvalue weighted by atomic mass is 9.80. The summed E-state index contributed by atoms with van der Waals surface area (Å²) in [7, 11) is 6.37. The molecular formula is C48H45N5O9. The van der Waals surface area contributed by atoms with E-state index in [4.69, 9.17) is 28.4 Å². The molecule has 0 aliphatic carbocycles. The molecule has 1 amide bonds. The Balaban J connectivity index is 1.08. The zero-order valence-corrected chi connectivity index (χ0v) is 34.5. The van der Waals surface area contributed by atoms with Crippen molar-refractivity contribution >= 4 is 34.7 Å². The summed E-state index contributed by atoms with van der Waals surface area (Å²) in [4.78, 5) is 39.0. The van der Waals surface area contributed by atoms with Gasteiger partial charge in [0.1, 0.15) is 40.9 Å². The average Bonchev–Trinajstić information content (AvgIpc) is 3.92. The molecular weight excluding hydrogens is 791 g/mol. The van der Waals surface area contributed by atoms with Crippen LogP contribution < -0.4 is 29.8 Å². The number of aliphatic hydroxyl groups excluding tert-OH is 1. The van der Waals surface area contributed by atoms with Crippen LogP contribution in [0.25, 0.3) is 22.8 Å². The van der Waals surface area contributed by atoms with Crippen LogP contribution in [0.15, 0.2) is 139 Å². The van der Waals surface area contributed by atoms with Crippen LogP contribution >= 0.6 is 0 Å². The van der Waals surface area contributed by atoms with E-state index >= 15 is 0 Å². The molecule has 1 aliphatic heterocycles.